The fourth-order valence-corrected chi connectivity index (χ4v) is 3.09. The van der Waals surface area contributed by atoms with Crippen LogP contribution in [0.4, 0.5) is 10.3 Å². The van der Waals surface area contributed by atoms with Gasteiger partial charge in [-0.05, 0) is 42.7 Å². The summed E-state index contributed by atoms with van der Waals surface area (Å²) < 4.78 is 15.2. The van der Waals surface area contributed by atoms with Crippen LogP contribution in [-0.4, -0.2) is 31.0 Å². The second kappa shape index (κ2) is 8.60. The maximum absolute atomic E-state index is 13.3. The van der Waals surface area contributed by atoms with E-state index < -0.39 is 0 Å². The van der Waals surface area contributed by atoms with Gasteiger partial charge >= 0.3 is 0 Å². The van der Waals surface area contributed by atoms with E-state index in [1.807, 2.05) is 36.0 Å². The number of nitrogens with zero attached hydrogens (tertiary/aromatic N) is 5. The third-order valence-corrected chi connectivity index (χ3v) is 4.60. The summed E-state index contributed by atoms with van der Waals surface area (Å²) in [5.41, 5.74) is 3.41. The number of imidazole rings is 1. The Labute approximate surface area is 168 Å². The van der Waals surface area contributed by atoms with Crippen LogP contribution in [0.3, 0.4) is 0 Å². The molecule has 0 amide bonds. The molecule has 7 heteroatoms. The smallest absolute Gasteiger partial charge is 0.223 e. The van der Waals surface area contributed by atoms with Crippen LogP contribution in [0.1, 0.15) is 12.1 Å². The molecule has 29 heavy (non-hydrogen) atoms. The lowest BCUT2D eigenvalue weighted by atomic mass is 10.1. The number of aryl methyl sites for hydroxylation is 2. The van der Waals surface area contributed by atoms with Gasteiger partial charge in [0.2, 0.25) is 5.95 Å². The van der Waals surface area contributed by atoms with Gasteiger partial charge in [-0.2, -0.15) is 0 Å². The minimum atomic E-state index is -0.278. The molecule has 1 N–H and O–H groups in total. The molecule has 0 radical (unpaired) electrons. The molecule has 3 heterocycles. The molecule has 0 atom stereocenters. The summed E-state index contributed by atoms with van der Waals surface area (Å²) in [5.74, 6) is 0.984. The Morgan fingerprint density at radius 3 is 2.59 bits per heavy atom. The highest BCUT2D eigenvalue weighted by molar-refractivity contribution is 5.78. The van der Waals surface area contributed by atoms with Crippen LogP contribution in [0, 0.1) is 5.82 Å². The van der Waals surface area contributed by atoms with Crippen LogP contribution in [0.5, 0.6) is 0 Å². The minimum absolute atomic E-state index is 0.278. The van der Waals surface area contributed by atoms with E-state index in [0.717, 1.165) is 42.0 Å². The fourth-order valence-electron chi connectivity index (χ4n) is 3.09. The number of hydrogen-bond acceptors (Lipinski definition) is 5. The van der Waals surface area contributed by atoms with Gasteiger partial charge in [-0.3, -0.25) is 4.98 Å². The molecule has 0 saturated carbocycles. The summed E-state index contributed by atoms with van der Waals surface area (Å²) in [6.45, 7) is 0.729. The maximum Gasteiger partial charge on any atom is 0.223 e. The van der Waals surface area contributed by atoms with E-state index >= 15 is 0 Å². The van der Waals surface area contributed by atoms with Crippen LogP contribution in [-0.2, 0) is 13.5 Å². The van der Waals surface area contributed by atoms with Crippen molar-refractivity contribution in [2.24, 2.45) is 7.05 Å². The maximum atomic E-state index is 13.3. The topological polar surface area (TPSA) is 68.5 Å². The van der Waals surface area contributed by atoms with Gasteiger partial charge in [0.25, 0.3) is 0 Å². The van der Waals surface area contributed by atoms with Gasteiger partial charge in [0.1, 0.15) is 11.5 Å². The number of rotatable bonds is 7. The normalized spacial score (nSPS) is 10.8. The molecule has 4 aromatic rings. The van der Waals surface area contributed by atoms with Crippen LogP contribution < -0.4 is 5.32 Å². The van der Waals surface area contributed by atoms with Crippen molar-refractivity contribution in [3.63, 3.8) is 0 Å². The van der Waals surface area contributed by atoms with Gasteiger partial charge in [-0.1, -0.05) is 18.2 Å². The third kappa shape index (κ3) is 4.45. The number of benzene rings is 1. The quantitative estimate of drug-likeness (QED) is 0.482. The van der Waals surface area contributed by atoms with E-state index in [4.69, 9.17) is 4.98 Å². The lowest BCUT2D eigenvalue weighted by molar-refractivity contribution is 0.628. The highest BCUT2D eigenvalue weighted by Crippen LogP contribution is 2.29. The van der Waals surface area contributed by atoms with Crippen molar-refractivity contribution in [1.82, 2.24) is 24.5 Å². The Balaban J connectivity index is 1.55. The molecule has 0 aliphatic carbocycles. The molecule has 0 aliphatic rings. The lowest BCUT2D eigenvalue weighted by Gasteiger charge is -2.12. The molecule has 4 rings (SSSR count). The van der Waals surface area contributed by atoms with Gasteiger partial charge < -0.3 is 9.88 Å². The first-order valence-corrected chi connectivity index (χ1v) is 9.45. The van der Waals surface area contributed by atoms with Crippen LogP contribution in [0.25, 0.3) is 22.6 Å². The minimum Gasteiger partial charge on any atom is -0.354 e. The molecule has 0 saturated heterocycles. The van der Waals surface area contributed by atoms with Crippen molar-refractivity contribution >= 4 is 5.95 Å². The van der Waals surface area contributed by atoms with Crippen molar-refractivity contribution in [2.45, 2.75) is 12.8 Å². The highest BCUT2D eigenvalue weighted by Gasteiger charge is 2.15. The molecular formula is C22H21FN6. The van der Waals surface area contributed by atoms with E-state index in [2.05, 4.69) is 20.3 Å². The molecule has 0 fully saturated rings. The SMILES string of the molecule is Cn1ccnc1-c1nc(NCCCc2ccccn2)ncc1-c1ccc(F)cc1. The molecule has 0 aliphatic heterocycles. The second-order valence-corrected chi connectivity index (χ2v) is 6.68. The van der Waals surface area contributed by atoms with Crippen molar-refractivity contribution in [2.75, 3.05) is 11.9 Å². The molecule has 6 nitrogen and oxygen atoms in total. The molecule has 1 aromatic carbocycles. The van der Waals surface area contributed by atoms with E-state index in [1.54, 1.807) is 30.7 Å². The van der Waals surface area contributed by atoms with Gasteiger partial charge in [-0.15, -0.1) is 0 Å². The van der Waals surface area contributed by atoms with Crippen molar-refractivity contribution in [1.29, 1.82) is 0 Å². The highest BCUT2D eigenvalue weighted by atomic mass is 19.1. The zero-order valence-electron chi connectivity index (χ0n) is 16.1. The Hall–Kier alpha value is -3.61. The molecule has 3 aromatic heterocycles. The van der Waals surface area contributed by atoms with Crippen LogP contribution in [0.2, 0.25) is 0 Å². The number of pyridine rings is 1. The zero-order chi connectivity index (χ0) is 20.1. The first kappa shape index (κ1) is 18.7. The van der Waals surface area contributed by atoms with Crippen molar-refractivity contribution in [3.05, 3.63) is 78.8 Å². The Kier molecular flexibility index (Phi) is 5.56. The summed E-state index contributed by atoms with van der Waals surface area (Å²) in [6.07, 6.45) is 8.95. The summed E-state index contributed by atoms with van der Waals surface area (Å²) in [5, 5.41) is 3.28. The average Bonchev–Trinajstić information content (AvgIpc) is 3.18. The molecule has 146 valence electrons. The van der Waals surface area contributed by atoms with Crippen LogP contribution >= 0.6 is 0 Å². The predicted molar refractivity (Wildman–Crippen MR) is 111 cm³/mol. The first-order valence-electron chi connectivity index (χ1n) is 9.45. The van der Waals surface area contributed by atoms with Gasteiger partial charge in [0.05, 0.1) is 0 Å². The fraction of sp³-hybridized carbons (Fsp3) is 0.182. The third-order valence-electron chi connectivity index (χ3n) is 4.60. The van der Waals surface area contributed by atoms with E-state index in [1.165, 1.54) is 12.1 Å². The van der Waals surface area contributed by atoms with E-state index in [-0.39, 0.29) is 5.82 Å². The molecule has 0 spiro atoms. The summed E-state index contributed by atoms with van der Waals surface area (Å²) in [7, 11) is 1.92. The number of anilines is 1. The monoisotopic (exact) mass is 388 g/mol. The van der Waals surface area contributed by atoms with Crippen LogP contribution in [0.15, 0.2) is 67.3 Å². The zero-order valence-corrected chi connectivity index (χ0v) is 16.1. The molecular weight excluding hydrogens is 367 g/mol. The summed E-state index contributed by atoms with van der Waals surface area (Å²) >= 11 is 0. The predicted octanol–water partition coefficient (Wildman–Crippen LogP) is 4.12. The van der Waals surface area contributed by atoms with Gasteiger partial charge in [0, 0.05) is 49.6 Å². The second-order valence-electron chi connectivity index (χ2n) is 6.68. The largest absolute Gasteiger partial charge is 0.354 e. The summed E-state index contributed by atoms with van der Waals surface area (Å²) in [6, 6.07) is 12.2. The average molecular weight is 388 g/mol. The Bertz CT molecular complexity index is 1080. The van der Waals surface area contributed by atoms with E-state index in [9.17, 15) is 4.39 Å². The molecule has 0 bridgehead atoms. The first-order chi connectivity index (χ1) is 14.2. The van der Waals surface area contributed by atoms with Crippen molar-refractivity contribution in [3.8, 4) is 22.6 Å². The van der Waals surface area contributed by atoms with E-state index in [0.29, 0.717) is 11.6 Å². The number of hydrogen-bond donors (Lipinski definition) is 1. The number of halogens is 1. The molecule has 0 unspecified atom stereocenters. The lowest BCUT2D eigenvalue weighted by Crippen LogP contribution is -2.08. The Morgan fingerprint density at radius 1 is 1.00 bits per heavy atom. The number of nitrogens with one attached hydrogen (secondary N) is 1. The van der Waals surface area contributed by atoms with Crippen molar-refractivity contribution < 1.29 is 4.39 Å². The number of aromatic nitrogens is 5. The Morgan fingerprint density at radius 2 is 1.86 bits per heavy atom. The standard InChI is InChI=1S/C22H21FN6/c1-29-14-13-25-21(29)20-19(16-7-9-17(23)10-8-16)15-27-22(28-20)26-12-4-6-18-5-2-3-11-24-18/h2-3,5,7-11,13-15H,4,6,12H2,1H3,(H,26,27,28). The van der Waals surface area contributed by atoms with Gasteiger partial charge in [0.15, 0.2) is 5.82 Å². The summed E-state index contributed by atoms with van der Waals surface area (Å²) in [4.78, 5) is 17.9. The van der Waals surface area contributed by atoms with Gasteiger partial charge in [-0.25, -0.2) is 19.3 Å².